The largest absolute Gasteiger partial charge is 0.289 e. The van der Waals surface area contributed by atoms with Gasteiger partial charge in [-0.1, -0.05) is 42.1 Å². The van der Waals surface area contributed by atoms with E-state index in [1.807, 2.05) is 0 Å². The van der Waals surface area contributed by atoms with Gasteiger partial charge in [0.25, 0.3) is 5.69 Å². The zero-order valence-corrected chi connectivity index (χ0v) is 14.6. The van der Waals surface area contributed by atoms with E-state index >= 15 is 0 Å². The van der Waals surface area contributed by atoms with Gasteiger partial charge in [-0.05, 0) is 17.2 Å². The molecule has 0 bridgehead atoms. The minimum Gasteiger partial charge on any atom is -0.289 e. The number of thioether (sulfide) groups is 1. The van der Waals surface area contributed by atoms with Gasteiger partial charge in [-0.15, -0.1) is 0 Å². The summed E-state index contributed by atoms with van der Waals surface area (Å²) in [5.41, 5.74) is 1.26. The monoisotopic (exact) mass is 373 g/mol. The van der Waals surface area contributed by atoms with Crippen LogP contribution in [0.25, 0.3) is 0 Å². The predicted octanol–water partition coefficient (Wildman–Crippen LogP) is 3.41. The molecule has 134 valence electrons. The number of amidine groups is 1. The number of carbonyl (C=O) groups is 1. The van der Waals surface area contributed by atoms with Crippen molar-refractivity contribution in [1.82, 2.24) is 4.90 Å². The standard InChI is InChI=1S/C18H16FN3O3S/c19-16-4-2-1-3-14(16)12-26-18-20-9-10-21(18)17(23)11-13-5-7-15(8-6-13)22(24)25/h1-8H,9-12H2. The second-order valence-corrected chi connectivity index (χ2v) is 6.63. The molecular weight excluding hydrogens is 357 g/mol. The van der Waals surface area contributed by atoms with Crippen molar-refractivity contribution in [3.8, 4) is 0 Å². The van der Waals surface area contributed by atoms with Crippen LogP contribution in [0, 0.1) is 15.9 Å². The summed E-state index contributed by atoms with van der Waals surface area (Å²) in [4.78, 5) is 28.7. The minimum absolute atomic E-state index is 0.00920. The average molecular weight is 373 g/mol. The summed E-state index contributed by atoms with van der Waals surface area (Å²) < 4.78 is 13.7. The molecule has 0 aliphatic carbocycles. The van der Waals surface area contributed by atoms with Crippen LogP contribution in [-0.2, 0) is 17.0 Å². The second kappa shape index (κ2) is 8.09. The van der Waals surface area contributed by atoms with Crippen molar-refractivity contribution in [2.24, 2.45) is 4.99 Å². The van der Waals surface area contributed by atoms with Crippen LogP contribution in [0.15, 0.2) is 53.5 Å². The third-order valence-corrected chi connectivity index (χ3v) is 4.98. The molecule has 0 N–H and O–H groups in total. The van der Waals surface area contributed by atoms with Crippen molar-refractivity contribution in [3.05, 3.63) is 75.6 Å². The molecule has 0 radical (unpaired) electrons. The number of benzene rings is 2. The van der Waals surface area contributed by atoms with Crippen LogP contribution in [-0.4, -0.2) is 34.0 Å². The lowest BCUT2D eigenvalue weighted by Gasteiger charge is -2.18. The maximum absolute atomic E-state index is 13.7. The molecule has 0 saturated carbocycles. The number of hydrogen-bond acceptors (Lipinski definition) is 5. The molecule has 3 rings (SSSR count). The van der Waals surface area contributed by atoms with Crippen molar-refractivity contribution in [3.63, 3.8) is 0 Å². The molecule has 6 nitrogen and oxygen atoms in total. The topological polar surface area (TPSA) is 75.8 Å². The van der Waals surface area contributed by atoms with E-state index in [0.717, 1.165) is 0 Å². The smallest absolute Gasteiger partial charge is 0.269 e. The summed E-state index contributed by atoms with van der Waals surface area (Å²) >= 11 is 1.33. The molecule has 1 aliphatic heterocycles. The molecule has 26 heavy (non-hydrogen) atoms. The fraction of sp³-hybridized carbons (Fsp3) is 0.222. The van der Waals surface area contributed by atoms with Crippen LogP contribution in [0.5, 0.6) is 0 Å². The first-order chi connectivity index (χ1) is 12.5. The van der Waals surface area contributed by atoms with Gasteiger partial charge in [-0.25, -0.2) is 4.39 Å². The number of nitrogens with zero attached hydrogens (tertiary/aromatic N) is 3. The quantitative estimate of drug-likeness (QED) is 0.595. The van der Waals surface area contributed by atoms with E-state index in [4.69, 9.17) is 0 Å². The fourth-order valence-corrected chi connectivity index (χ4v) is 3.60. The Hall–Kier alpha value is -2.74. The Bertz CT molecular complexity index is 855. The van der Waals surface area contributed by atoms with Crippen molar-refractivity contribution in [1.29, 1.82) is 0 Å². The van der Waals surface area contributed by atoms with Gasteiger partial charge in [-0.3, -0.25) is 24.8 Å². The Morgan fingerprint density at radius 2 is 1.96 bits per heavy atom. The van der Waals surface area contributed by atoms with Crippen molar-refractivity contribution in [2.75, 3.05) is 13.1 Å². The summed E-state index contributed by atoms with van der Waals surface area (Å²) in [7, 11) is 0. The zero-order chi connectivity index (χ0) is 18.5. The minimum atomic E-state index is -0.476. The molecule has 2 aromatic carbocycles. The van der Waals surface area contributed by atoms with Crippen molar-refractivity contribution >= 4 is 28.5 Å². The fourth-order valence-electron chi connectivity index (χ4n) is 2.54. The first-order valence-electron chi connectivity index (χ1n) is 7.99. The van der Waals surface area contributed by atoms with Gasteiger partial charge in [0.15, 0.2) is 5.17 Å². The number of carbonyl (C=O) groups excluding carboxylic acids is 1. The van der Waals surface area contributed by atoms with Gasteiger partial charge >= 0.3 is 0 Å². The Morgan fingerprint density at radius 1 is 1.23 bits per heavy atom. The Morgan fingerprint density at radius 3 is 2.65 bits per heavy atom. The van der Waals surface area contributed by atoms with E-state index in [1.165, 1.54) is 30.0 Å². The molecule has 1 aliphatic rings. The second-order valence-electron chi connectivity index (χ2n) is 5.69. The lowest BCUT2D eigenvalue weighted by Crippen LogP contribution is -2.34. The summed E-state index contributed by atoms with van der Waals surface area (Å²) in [5, 5.41) is 11.3. The van der Waals surface area contributed by atoms with Crippen LogP contribution < -0.4 is 0 Å². The summed E-state index contributed by atoms with van der Waals surface area (Å²) in [6, 6.07) is 12.4. The van der Waals surface area contributed by atoms with Gasteiger partial charge in [0.1, 0.15) is 5.82 Å². The van der Waals surface area contributed by atoms with E-state index in [9.17, 15) is 19.3 Å². The molecule has 0 saturated heterocycles. The average Bonchev–Trinajstić information content (AvgIpc) is 3.10. The SMILES string of the molecule is O=C(Cc1ccc([N+](=O)[O-])cc1)N1CCN=C1SCc1ccccc1F. The molecule has 8 heteroatoms. The maximum Gasteiger partial charge on any atom is 0.269 e. The number of rotatable bonds is 5. The maximum atomic E-state index is 13.7. The molecule has 1 amide bonds. The van der Waals surface area contributed by atoms with Crippen LogP contribution in [0.4, 0.5) is 10.1 Å². The van der Waals surface area contributed by atoms with Crippen LogP contribution in [0.3, 0.4) is 0 Å². The molecule has 0 atom stereocenters. The third-order valence-electron chi connectivity index (χ3n) is 3.92. The molecule has 0 fully saturated rings. The first-order valence-corrected chi connectivity index (χ1v) is 8.97. The van der Waals surface area contributed by atoms with Gasteiger partial charge < -0.3 is 0 Å². The van der Waals surface area contributed by atoms with E-state index in [0.29, 0.717) is 35.1 Å². The van der Waals surface area contributed by atoms with Crippen molar-refractivity contribution in [2.45, 2.75) is 12.2 Å². The lowest BCUT2D eigenvalue weighted by atomic mass is 10.1. The summed E-state index contributed by atoms with van der Waals surface area (Å²) in [6.45, 7) is 1.01. The highest BCUT2D eigenvalue weighted by atomic mass is 32.2. The Labute approximate surface area is 153 Å². The van der Waals surface area contributed by atoms with Crippen LogP contribution >= 0.6 is 11.8 Å². The summed E-state index contributed by atoms with van der Waals surface area (Å²) in [5.74, 6) is -0.00852. The predicted molar refractivity (Wildman–Crippen MR) is 98.5 cm³/mol. The van der Waals surface area contributed by atoms with E-state index in [1.54, 1.807) is 35.2 Å². The molecule has 2 aromatic rings. The third kappa shape index (κ3) is 4.26. The van der Waals surface area contributed by atoms with Crippen molar-refractivity contribution < 1.29 is 14.1 Å². The van der Waals surface area contributed by atoms with Gasteiger partial charge in [0, 0.05) is 24.4 Å². The zero-order valence-electron chi connectivity index (χ0n) is 13.8. The van der Waals surface area contributed by atoms with Gasteiger partial charge in [0.05, 0.1) is 17.9 Å². The first kappa shape index (κ1) is 18.1. The number of non-ortho nitro benzene ring substituents is 1. The number of amides is 1. The number of aliphatic imine (C=N–C) groups is 1. The Kier molecular flexibility index (Phi) is 5.62. The Balaban J connectivity index is 1.61. The van der Waals surface area contributed by atoms with Gasteiger partial charge in [0.2, 0.25) is 5.91 Å². The highest BCUT2D eigenvalue weighted by Crippen LogP contribution is 2.22. The number of nitro groups is 1. The molecule has 0 unspecified atom stereocenters. The normalized spacial score (nSPS) is 13.6. The van der Waals surface area contributed by atoms with Crippen LogP contribution in [0.1, 0.15) is 11.1 Å². The van der Waals surface area contributed by atoms with E-state index in [2.05, 4.69) is 4.99 Å². The molecule has 1 heterocycles. The van der Waals surface area contributed by atoms with Crippen LogP contribution in [0.2, 0.25) is 0 Å². The number of hydrogen-bond donors (Lipinski definition) is 0. The molecular formula is C18H16FN3O3S. The molecule has 0 spiro atoms. The number of halogens is 1. The molecule has 0 aromatic heterocycles. The lowest BCUT2D eigenvalue weighted by molar-refractivity contribution is -0.384. The highest BCUT2D eigenvalue weighted by Gasteiger charge is 2.24. The van der Waals surface area contributed by atoms with E-state index < -0.39 is 4.92 Å². The summed E-state index contributed by atoms with van der Waals surface area (Å²) in [6.07, 6.45) is 0.136. The number of nitro benzene ring substituents is 1. The van der Waals surface area contributed by atoms with E-state index in [-0.39, 0.29) is 23.8 Å². The van der Waals surface area contributed by atoms with Gasteiger partial charge in [-0.2, -0.15) is 0 Å². The highest BCUT2D eigenvalue weighted by molar-refractivity contribution is 8.13.